The van der Waals surface area contributed by atoms with E-state index in [9.17, 15) is 4.79 Å². The minimum atomic E-state index is -1.88. The number of carbonyl (C=O) groups is 1. The second-order valence-electron chi connectivity index (χ2n) is 4.61. The van der Waals surface area contributed by atoms with E-state index >= 15 is 0 Å². The maximum atomic E-state index is 11.9. The molecule has 0 bridgehead atoms. The third-order valence-electron chi connectivity index (χ3n) is 3.14. The van der Waals surface area contributed by atoms with Crippen LogP contribution in [0.25, 0.3) is 0 Å². The molecule has 2 nitrogen and oxygen atoms in total. The minimum Gasteiger partial charge on any atom is -0.469 e. The number of hydrogen-bond donors (Lipinski definition) is 0. The van der Waals surface area contributed by atoms with Crippen LogP contribution >= 0.6 is 0 Å². The van der Waals surface area contributed by atoms with E-state index in [1.54, 1.807) is 0 Å². The fourth-order valence-electron chi connectivity index (χ4n) is 1.98. The molecule has 0 saturated carbocycles. The van der Waals surface area contributed by atoms with Gasteiger partial charge in [-0.25, -0.2) is 0 Å². The predicted molar refractivity (Wildman–Crippen MR) is 74.1 cm³/mol. The van der Waals surface area contributed by atoms with Crippen molar-refractivity contribution in [2.75, 3.05) is 7.11 Å². The van der Waals surface area contributed by atoms with Gasteiger partial charge in [0.15, 0.2) is 0 Å². The van der Waals surface area contributed by atoms with E-state index in [4.69, 9.17) is 4.74 Å². The zero-order valence-electron chi connectivity index (χ0n) is 10.9. The molecule has 0 aliphatic carbocycles. The second kappa shape index (κ2) is 5.82. The lowest BCUT2D eigenvalue weighted by molar-refractivity contribution is -0.139. The average molecular weight is 248 g/mol. The summed E-state index contributed by atoms with van der Waals surface area (Å²) < 4.78 is 4.92. The van der Waals surface area contributed by atoms with Crippen molar-refractivity contribution < 1.29 is 9.53 Å². The van der Waals surface area contributed by atoms with E-state index in [0.717, 1.165) is 0 Å². The molecule has 0 N–H and O–H groups in total. The Kier molecular flexibility index (Phi) is 4.69. The molecule has 0 amide bonds. The van der Waals surface area contributed by atoms with Crippen molar-refractivity contribution in [1.29, 1.82) is 0 Å². The van der Waals surface area contributed by atoms with Crippen molar-refractivity contribution in [3.63, 3.8) is 0 Å². The molecule has 3 heteroatoms. The Morgan fingerprint density at radius 2 is 1.88 bits per heavy atom. The van der Waals surface area contributed by atoms with Crippen molar-refractivity contribution in [3.8, 4) is 0 Å². The summed E-state index contributed by atoms with van der Waals surface area (Å²) in [6.07, 6.45) is 3.89. The van der Waals surface area contributed by atoms with E-state index in [-0.39, 0.29) is 11.5 Å². The van der Waals surface area contributed by atoms with E-state index < -0.39 is 8.07 Å². The van der Waals surface area contributed by atoms with Gasteiger partial charge in [-0.3, -0.25) is 4.79 Å². The number of carbonyl (C=O) groups excluding carboxylic acids is 1. The molecular weight excluding hydrogens is 228 g/mol. The van der Waals surface area contributed by atoms with E-state index in [0.29, 0.717) is 0 Å². The summed E-state index contributed by atoms with van der Waals surface area (Å²) in [4.78, 5) is 11.9. The average Bonchev–Trinajstić information content (AvgIpc) is 2.36. The Labute approximate surface area is 104 Å². The molecule has 0 aliphatic rings. The lowest BCUT2D eigenvalue weighted by Gasteiger charge is -2.28. The number of ether oxygens (including phenoxy) is 1. The van der Waals surface area contributed by atoms with E-state index in [2.05, 4.69) is 25.2 Å². The predicted octanol–water partition coefficient (Wildman–Crippen LogP) is 2.72. The minimum absolute atomic E-state index is 0.125. The number of esters is 1. The van der Waals surface area contributed by atoms with Gasteiger partial charge in [-0.2, -0.15) is 0 Å². The summed E-state index contributed by atoms with van der Waals surface area (Å²) >= 11 is 0. The van der Waals surface area contributed by atoms with Crippen LogP contribution in [-0.2, 0) is 9.53 Å². The Hall–Kier alpha value is -1.35. The number of rotatable bonds is 4. The Bertz CT molecular complexity index is 396. The van der Waals surface area contributed by atoms with Gasteiger partial charge >= 0.3 is 5.97 Å². The second-order valence-corrected chi connectivity index (χ2v) is 9.26. The summed E-state index contributed by atoms with van der Waals surface area (Å²) in [6.45, 7) is 6.33. The first kappa shape index (κ1) is 13.7. The summed E-state index contributed by atoms with van der Waals surface area (Å²) in [6, 6.07) is 10.2. The molecule has 1 atom stereocenters. The maximum Gasteiger partial charge on any atom is 0.310 e. The summed E-state index contributed by atoms with van der Waals surface area (Å²) in [5, 5.41) is 1.27. The van der Waals surface area contributed by atoms with Crippen LogP contribution in [0.1, 0.15) is 6.92 Å². The molecule has 0 spiro atoms. The van der Waals surface area contributed by atoms with Gasteiger partial charge in [0, 0.05) is 0 Å². The van der Waals surface area contributed by atoms with Gasteiger partial charge in [0.2, 0.25) is 0 Å². The standard InChI is InChI=1S/C14H20O2Si/c1-5-9-13(14(15)16-2)17(3,4)12-10-7-6-8-11-12/h5-11,13H,1-4H3/b9-5+/t13-/m0/s1. The van der Waals surface area contributed by atoms with Crippen LogP contribution in [0.5, 0.6) is 0 Å². The monoisotopic (exact) mass is 248 g/mol. The van der Waals surface area contributed by atoms with Crippen LogP contribution in [0.3, 0.4) is 0 Å². The fourth-order valence-corrected chi connectivity index (χ4v) is 4.77. The first-order valence-corrected chi connectivity index (χ1v) is 8.88. The van der Waals surface area contributed by atoms with Crippen molar-refractivity contribution in [3.05, 3.63) is 42.5 Å². The van der Waals surface area contributed by atoms with Crippen molar-refractivity contribution in [2.24, 2.45) is 0 Å². The van der Waals surface area contributed by atoms with Gasteiger partial charge in [0.05, 0.1) is 12.7 Å². The maximum absolute atomic E-state index is 11.9. The van der Waals surface area contributed by atoms with Crippen molar-refractivity contribution >= 4 is 19.2 Å². The SMILES string of the molecule is C/C=C/[C@@H](C(=O)OC)[Si](C)(C)c1ccccc1. The zero-order chi connectivity index (χ0) is 12.9. The van der Waals surface area contributed by atoms with Gasteiger partial charge in [0.25, 0.3) is 0 Å². The van der Waals surface area contributed by atoms with Crippen LogP contribution in [0.2, 0.25) is 18.6 Å². The quantitative estimate of drug-likeness (QED) is 0.465. The highest BCUT2D eigenvalue weighted by molar-refractivity contribution is 6.93. The van der Waals surface area contributed by atoms with Gasteiger partial charge < -0.3 is 4.74 Å². The first-order valence-electron chi connectivity index (χ1n) is 5.80. The molecule has 0 heterocycles. The molecule has 92 valence electrons. The van der Waals surface area contributed by atoms with Gasteiger partial charge in [-0.15, -0.1) is 0 Å². The van der Waals surface area contributed by atoms with Crippen LogP contribution in [0, 0.1) is 0 Å². The molecule has 0 aliphatic heterocycles. The molecule has 0 saturated heterocycles. The van der Waals surface area contributed by atoms with E-state index in [1.807, 2.05) is 37.3 Å². The molecule has 1 aromatic rings. The van der Waals surface area contributed by atoms with Crippen LogP contribution in [-0.4, -0.2) is 21.2 Å². The molecule has 1 aromatic carbocycles. The topological polar surface area (TPSA) is 26.3 Å². The van der Waals surface area contributed by atoms with Gasteiger partial charge in [-0.05, 0) is 6.92 Å². The van der Waals surface area contributed by atoms with Crippen LogP contribution in [0.15, 0.2) is 42.5 Å². The molecule has 17 heavy (non-hydrogen) atoms. The number of allylic oxidation sites excluding steroid dienone is 1. The van der Waals surface area contributed by atoms with Crippen molar-refractivity contribution in [1.82, 2.24) is 0 Å². The molecule has 0 radical (unpaired) electrons. The molecular formula is C14H20O2Si. The molecule has 0 unspecified atom stereocenters. The first-order chi connectivity index (χ1) is 8.04. The largest absolute Gasteiger partial charge is 0.469 e. The highest BCUT2D eigenvalue weighted by Gasteiger charge is 2.37. The summed E-state index contributed by atoms with van der Waals surface area (Å²) in [5.41, 5.74) is -0.125. The highest BCUT2D eigenvalue weighted by Crippen LogP contribution is 2.24. The zero-order valence-corrected chi connectivity index (χ0v) is 11.9. The van der Waals surface area contributed by atoms with Crippen LogP contribution in [0.4, 0.5) is 0 Å². The Morgan fingerprint density at radius 1 is 1.29 bits per heavy atom. The summed E-state index contributed by atoms with van der Waals surface area (Å²) in [7, 11) is -0.423. The molecule has 0 fully saturated rings. The third kappa shape index (κ3) is 3.06. The fraction of sp³-hybridized carbons (Fsp3) is 0.357. The lowest BCUT2D eigenvalue weighted by atomic mass is 10.3. The Balaban J connectivity index is 3.12. The number of methoxy groups -OCH3 is 1. The number of benzene rings is 1. The third-order valence-corrected chi connectivity index (χ3v) is 6.94. The lowest BCUT2D eigenvalue weighted by Crippen LogP contribution is -2.48. The molecule has 1 rings (SSSR count). The van der Waals surface area contributed by atoms with Gasteiger partial charge in [0.1, 0.15) is 8.07 Å². The van der Waals surface area contributed by atoms with Crippen molar-refractivity contribution in [2.45, 2.75) is 25.6 Å². The van der Waals surface area contributed by atoms with Crippen LogP contribution < -0.4 is 5.19 Å². The normalized spacial score (nSPS) is 13.6. The smallest absolute Gasteiger partial charge is 0.310 e. The number of hydrogen-bond acceptors (Lipinski definition) is 2. The Morgan fingerprint density at radius 3 is 2.35 bits per heavy atom. The van der Waals surface area contributed by atoms with Gasteiger partial charge in [-0.1, -0.05) is 60.8 Å². The highest BCUT2D eigenvalue weighted by atomic mass is 28.3. The molecule has 0 aromatic heterocycles. The van der Waals surface area contributed by atoms with E-state index in [1.165, 1.54) is 12.3 Å². The summed E-state index contributed by atoms with van der Waals surface area (Å²) in [5.74, 6) is -0.136.